The Hall–Kier alpha value is -2.53. The van der Waals surface area contributed by atoms with Crippen molar-refractivity contribution in [3.05, 3.63) is 64.7 Å². The van der Waals surface area contributed by atoms with E-state index < -0.39 is 11.6 Å². The molecule has 1 unspecified atom stereocenters. The van der Waals surface area contributed by atoms with Crippen LogP contribution in [0.1, 0.15) is 11.1 Å². The first-order valence-electron chi connectivity index (χ1n) is 7.06. The van der Waals surface area contributed by atoms with Gasteiger partial charge in [0.1, 0.15) is 5.75 Å². The van der Waals surface area contributed by atoms with E-state index in [1.165, 1.54) is 0 Å². The van der Waals surface area contributed by atoms with Gasteiger partial charge in [-0.1, -0.05) is 35.9 Å². The van der Waals surface area contributed by atoms with Crippen molar-refractivity contribution < 1.29 is 14.3 Å². The lowest BCUT2D eigenvalue weighted by molar-refractivity contribution is -0.124. The highest BCUT2D eigenvalue weighted by Gasteiger charge is 2.47. The summed E-state index contributed by atoms with van der Waals surface area (Å²) >= 11 is 5.92. The molecule has 6 heteroatoms. The Kier molecular flexibility index (Phi) is 3.96. The number of hydrogen-bond acceptors (Lipinski definition) is 3. The second kappa shape index (κ2) is 5.93. The van der Waals surface area contributed by atoms with E-state index in [0.29, 0.717) is 17.0 Å². The highest BCUT2D eigenvalue weighted by atomic mass is 35.5. The van der Waals surface area contributed by atoms with Gasteiger partial charge in [-0.25, -0.2) is 4.79 Å². The van der Waals surface area contributed by atoms with E-state index in [0.717, 1.165) is 11.3 Å². The Labute approximate surface area is 138 Å². The molecule has 3 rings (SSSR count). The fourth-order valence-electron chi connectivity index (χ4n) is 2.71. The van der Waals surface area contributed by atoms with E-state index in [9.17, 15) is 9.59 Å². The first kappa shape index (κ1) is 15.4. The molecule has 0 spiro atoms. The number of rotatable bonds is 4. The largest absolute Gasteiger partial charge is 0.497 e. The van der Waals surface area contributed by atoms with Gasteiger partial charge in [-0.2, -0.15) is 0 Å². The standard InChI is InChI=1S/C17H15ClN2O3/c1-23-14-8-2-11(3-9-14)10-17(15(21)19-16(22)20-17)12-4-6-13(18)7-5-12/h2-9H,10H2,1H3,(H2,19,20,21,22). The summed E-state index contributed by atoms with van der Waals surface area (Å²) in [4.78, 5) is 24.2. The normalized spacial score (nSPS) is 20.1. The highest BCUT2D eigenvalue weighted by molar-refractivity contribution is 6.30. The molecule has 0 aliphatic carbocycles. The molecule has 5 nitrogen and oxygen atoms in total. The van der Waals surface area contributed by atoms with Crippen LogP contribution in [0.2, 0.25) is 5.02 Å². The number of imide groups is 1. The van der Waals surface area contributed by atoms with Crippen molar-refractivity contribution in [1.82, 2.24) is 10.6 Å². The van der Waals surface area contributed by atoms with E-state index in [-0.39, 0.29) is 5.91 Å². The predicted molar refractivity (Wildman–Crippen MR) is 86.5 cm³/mol. The number of nitrogens with one attached hydrogen (secondary N) is 2. The Morgan fingerprint density at radius 1 is 1.04 bits per heavy atom. The number of benzene rings is 2. The maximum atomic E-state index is 12.5. The maximum absolute atomic E-state index is 12.5. The summed E-state index contributed by atoms with van der Waals surface area (Å²) in [6, 6.07) is 13.8. The topological polar surface area (TPSA) is 67.4 Å². The molecule has 1 aliphatic heterocycles. The van der Waals surface area contributed by atoms with Crippen LogP contribution >= 0.6 is 11.6 Å². The molecule has 1 heterocycles. The monoisotopic (exact) mass is 330 g/mol. The Morgan fingerprint density at radius 2 is 1.70 bits per heavy atom. The lowest BCUT2D eigenvalue weighted by atomic mass is 9.84. The fourth-order valence-corrected chi connectivity index (χ4v) is 2.83. The molecule has 1 saturated heterocycles. The van der Waals surface area contributed by atoms with Crippen molar-refractivity contribution in [2.75, 3.05) is 7.11 Å². The zero-order valence-electron chi connectivity index (χ0n) is 12.4. The van der Waals surface area contributed by atoms with Gasteiger partial charge in [0.25, 0.3) is 5.91 Å². The van der Waals surface area contributed by atoms with Crippen molar-refractivity contribution >= 4 is 23.5 Å². The minimum absolute atomic E-state index is 0.330. The molecule has 1 atom stereocenters. The molecular weight excluding hydrogens is 316 g/mol. The molecule has 2 N–H and O–H groups in total. The van der Waals surface area contributed by atoms with Gasteiger partial charge in [0.15, 0.2) is 5.54 Å². The van der Waals surface area contributed by atoms with E-state index in [1.807, 2.05) is 24.3 Å². The third kappa shape index (κ3) is 2.87. The lowest BCUT2D eigenvalue weighted by Crippen LogP contribution is -2.45. The molecular formula is C17H15ClN2O3. The minimum Gasteiger partial charge on any atom is -0.497 e. The van der Waals surface area contributed by atoms with E-state index >= 15 is 0 Å². The smallest absolute Gasteiger partial charge is 0.322 e. The highest BCUT2D eigenvalue weighted by Crippen LogP contribution is 2.30. The summed E-state index contributed by atoms with van der Waals surface area (Å²) in [7, 11) is 1.59. The maximum Gasteiger partial charge on any atom is 0.322 e. The van der Waals surface area contributed by atoms with Gasteiger partial charge in [-0.05, 0) is 35.4 Å². The lowest BCUT2D eigenvalue weighted by Gasteiger charge is -2.27. The predicted octanol–water partition coefficient (Wildman–Crippen LogP) is 2.63. The number of urea groups is 1. The average molecular weight is 331 g/mol. The van der Waals surface area contributed by atoms with Gasteiger partial charge >= 0.3 is 6.03 Å². The molecule has 1 aliphatic rings. The van der Waals surface area contributed by atoms with Crippen LogP contribution in [-0.4, -0.2) is 19.0 Å². The average Bonchev–Trinajstić information content (AvgIpc) is 2.83. The molecule has 2 aromatic rings. The van der Waals surface area contributed by atoms with Gasteiger partial charge in [-0.3, -0.25) is 10.1 Å². The number of carbonyl (C=O) groups excluding carboxylic acids is 2. The molecule has 23 heavy (non-hydrogen) atoms. The molecule has 0 aromatic heterocycles. The van der Waals surface area contributed by atoms with Gasteiger partial charge in [-0.15, -0.1) is 0 Å². The molecule has 0 radical (unpaired) electrons. The first-order valence-corrected chi connectivity index (χ1v) is 7.44. The molecule has 118 valence electrons. The summed E-state index contributed by atoms with van der Waals surface area (Å²) < 4.78 is 5.14. The van der Waals surface area contributed by atoms with Crippen molar-refractivity contribution in [1.29, 1.82) is 0 Å². The van der Waals surface area contributed by atoms with Crippen LogP contribution in [0.3, 0.4) is 0 Å². The molecule has 2 aromatic carbocycles. The van der Waals surface area contributed by atoms with E-state index in [1.54, 1.807) is 31.4 Å². The summed E-state index contributed by atoms with van der Waals surface area (Å²) in [5.41, 5.74) is 0.440. The zero-order valence-corrected chi connectivity index (χ0v) is 13.2. The Morgan fingerprint density at radius 3 is 2.22 bits per heavy atom. The van der Waals surface area contributed by atoms with Crippen LogP contribution in [0.15, 0.2) is 48.5 Å². The quantitative estimate of drug-likeness (QED) is 0.847. The SMILES string of the molecule is COc1ccc(CC2(c3ccc(Cl)cc3)NC(=O)NC2=O)cc1. The van der Waals surface area contributed by atoms with Gasteiger partial charge < -0.3 is 10.1 Å². The van der Waals surface area contributed by atoms with Crippen LogP contribution in [0, 0.1) is 0 Å². The number of methoxy groups -OCH3 is 1. The van der Waals surface area contributed by atoms with Crippen LogP contribution < -0.4 is 15.4 Å². The second-order valence-corrected chi connectivity index (χ2v) is 5.78. The third-order valence-corrected chi connectivity index (χ3v) is 4.16. The third-order valence-electron chi connectivity index (χ3n) is 3.91. The van der Waals surface area contributed by atoms with Crippen molar-refractivity contribution in [2.45, 2.75) is 12.0 Å². The van der Waals surface area contributed by atoms with Crippen molar-refractivity contribution in [2.24, 2.45) is 0 Å². The summed E-state index contributed by atoms with van der Waals surface area (Å²) in [5.74, 6) is 0.356. The Balaban J connectivity index is 2.00. The molecule has 3 amide bonds. The van der Waals surface area contributed by atoms with E-state index in [2.05, 4.69) is 10.6 Å². The Bertz CT molecular complexity index is 743. The number of ether oxygens (including phenoxy) is 1. The van der Waals surface area contributed by atoms with Crippen LogP contribution in [0.5, 0.6) is 5.75 Å². The van der Waals surface area contributed by atoms with Gasteiger partial charge in [0.2, 0.25) is 0 Å². The molecule has 0 saturated carbocycles. The van der Waals surface area contributed by atoms with Crippen molar-refractivity contribution in [3.63, 3.8) is 0 Å². The second-order valence-electron chi connectivity index (χ2n) is 5.35. The molecule has 0 bridgehead atoms. The fraction of sp³-hybridized carbons (Fsp3) is 0.176. The first-order chi connectivity index (χ1) is 11.0. The summed E-state index contributed by atoms with van der Waals surface area (Å²) in [6.07, 6.45) is 0.330. The van der Waals surface area contributed by atoms with Gasteiger partial charge in [0.05, 0.1) is 7.11 Å². The van der Waals surface area contributed by atoms with Gasteiger partial charge in [0, 0.05) is 11.4 Å². The number of amides is 3. The van der Waals surface area contributed by atoms with Crippen LogP contribution in [-0.2, 0) is 16.8 Å². The van der Waals surface area contributed by atoms with E-state index in [4.69, 9.17) is 16.3 Å². The van der Waals surface area contributed by atoms with Crippen molar-refractivity contribution in [3.8, 4) is 5.75 Å². The summed E-state index contributed by atoms with van der Waals surface area (Å²) in [5, 5.41) is 5.64. The minimum atomic E-state index is -1.14. The number of halogens is 1. The van der Waals surface area contributed by atoms with Crippen LogP contribution in [0.4, 0.5) is 4.79 Å². The number of hydrogen-bond donors (Lipinski definition) is 2. The van der Waals surface area contributed by atoms with Crippen LogP contribution in [0.25, 0.3) is 0 Å². The molecule has 1 fully saturated rings. The summed E-state index contributed by atoms with van der Waals surface area (Å²) in [6.45, 7) is 0. The zero-order chi connectivity index (χ0) is 16.4. The number of carbonyl (C=O) groups is 2.